The molecule has 30 heavy (non-hydrogen) atoms. The SMILES string of the molecule is COc1ccc(C=NNc2nc(-c3ccccc3)c(C#N)c(=O)[nH]2)c2ccccc12. The molecule has 0 aliphatic heterocycles. The van der Waals surface area contributed by atoms with Crippen molar-refractivity contribution in [1.29, 1.82) is 5.26 Å². The lowest BCUT2D eigenvalue weighted by Crippen LogP contribution is -2.16. The summed E-state index contributed by atoms with van der Waals surface area (Å²) in [4.78, 5) is 19.2. The first-order chi connectivity index (χ1) is 14.7. The molecule has 0 spiro atoms. The van der Waals surface area contributed by atoms with Gasteiger partial charge in [-0.2, -0.15) is 10.4 Å². The van der Waals surface area contributed by atoms with E-state index in [4.69, 9.17) is 4.74 Å². The van der Waals surface area contributed by atoms with E-state index in [9.17, 15) is 10.1 Å². The number of aromatic nitrogens is 2. The Balaban J connectivity index is 1.68. The molecule has 4 aromatic rings. The Morgan fingerprint density at radius 1 is 1.07 bits per heavy atom. The molecule has 4 rings (SSSR count). The number of hydrazone groups is 1. The monoisotopic (exact) mass is 395 g/mol. The lowest BCUT2D eigenvalue weighted by molar-refractivity contribution is 0.420. The van der Waals surface area contributed by atoms with Crippen LogP contribution < -0.4 is 15.7 Å². The largest absolute Gasteiger partial charge is 0.496 e. The van der Waals surface area contributed by atoms with Crippen molar-refractivity contribution < 1.29 is 4.74 Å². The molecule has 0 aliphatic carbocycles. The van der Waals surface area contributed by atoms with Crippen LogP contribution in [0.1, 0.15) is 11.1 Å². The van der Waals surface area contributed by atoms with Gasteiger partial charge in [0.2, 0.25) is 5.95 Å². The predicted molar refractivity (Wildman–Crippen MR) is 117 cm³/mol. The average Bonchev–Trinajstić information content (AvgIpc) is 2.79. The van der Waals surface area contributed by atoms with Crippen LogP contribution in [0, 0.1) is 11.3 Å². The number of nitrogens with one attached hydrogen (secondary N) is 2. The molecule has 0 fully saturated rings. The van der Waals surface area contributed by atoms with E-state index in [0.717, 1.165) is 22.1 Å². The van der Waals surface area contributed by atoms with E-state index < -0.39 is 5.56 Å². The summed E-state index contributed by atoms with van der Waals surface area (Å²) < 4.78 is 5.41. The molecule has 2 N–H and O–H groups in total. The summed E-state index contributed by atoms with van der Waals surface area (Å²) in [6.45, 7) is 0. The molecule has 0 aliphatic rings. The van der Waals surface area contributed by atoms with Crippen LogP contribution in [0.25, 0.3) is 22.0 Å². The number of hydrogen-bond acceptors (Lipinski definition) is 6. The zero-order valence-electron chi connectivity index (χ0n) is 16.1. The third-order valence-corrected chi connectivity index (χ3v) is 4.59. The lowest BCUT2D eigenvalue weighted by atomic mass is 10.0. The molecule has 1 heterocycles. The fourth-order valence-electron chi connectivity index (χ4n) is 3.18. The lowest BCUT2D eigenvalue weighted by Gasteiger charge is -2.08. The summed E-state index contributed by atoms with van der Waals surface area (Å²) >= 11 is 0. The van der Waals surface area contributed by atoms with Crippen LogP contribution in [0.3, 0.4) is 0 Å². The highest BCUT2D eigenvalue weighted by Crippen LogP contribution is 2.27. The summed E-state index contributed by atoms with van der Waals surface area (Å²) in [6.07, 6.45) is 1.64. The number of hydrogen-bond donors (Lipinski definition) is 2. The maximum atomic E-state index is 12.3. The molecule has 7 heteroatoms. The molecule has 146 valence electrons. The molecular formula is C23H17N5O2. The number of nitrogens with zero attached hydrogens (tertiary/aromatic N) is 3. The van der Waals surface area contributed by atoms with Crippen LogP contribution in [-0.2, 0) is 0 Å². The van der Waals surface area contributed by atoms with Crippen molar-refractivity contribution in [3.8, 4) is 23.1 Å². The van der Waals surface area contributed by atoms with E-state index in [-0.39, 0.29) is 11.5 Å². The number of ether oxygens (including phenoxy) is 1. The molecule has 0 atom stereocenters. The highest BCUT2D eigenvalue weighted by atomic mass is 16.5. The van der Waals surface area contributed by atoms with Gasteiger partial charge in [-0.1, -0.05) is 54.6 Å². The maximum absolute atomic E-state index is 12.3. The molecule has 0 radical (unpaired) electrons. The van der Waals surface area contributed by atoms with E-state index in [1.54, 1.807) is 25.5 Å². The van der Waals surface area contributed by atoms with Gasteiger partial charge in [-0.3, -0.25) is 9.78 Å². The average molecular weight is 395 g/mol. The van der Waals surface area contributed by atoms with Crippen molar-refractivity contribution in [2.75, 3.05) is 12.5 Å². The van der Waals surface area contributed by atoms with E-state index in [0.29, 0.717) is 11.3 Å². The minimum Gasteiger partial charge on any atom is -0.496 e. The second-order valence-corrected chi connectivity index (χ2v) is 6.39. The molecule has 0 amide bonds. The molecule has 7 nitrogen and oxygen atoms in total. The second kappa shape index (κ2) is 8.29. The predicted octanol–water partition coefficient (Wildman–Crippen LogP) is 3.92. The van der Waals surface area contributed by atoms with Crippen molar-refractivity contribution >= 4 is 22.9 Å². The van der Waals surface area contributed by atoms with E-state index in [1.807, 2.05) is 60.7 Å². The van der Waals surface area contributed by atoms with Crippen LogP contribution in [-0.4, -0.2) is 23.3 Å². The van der Waals surface area contributed by atoms with Gasteiger partial charge in [0.15, 0.2) is 0 Å². The van der Waals surface area contributed by atoms with Crippen LogP contribution >= 0.6 is 0 Å². The molecule has 0 saturated carbocycles. The first-order valence-corrected chi connectivity index (χ1v) is 9.16. The Kier molecular flexibility index (Phi) is 5.22. The molecule has 0 unspecified atom stereocenters. The van der Waals surface area contributed by atoms with Crippen LogP contribution in [0.5, 0.6) is 5.75 Å². The quantitative estimate of drug-likeness (QED) is 0.394. The van der Waals surface area contributed by atoms with E-state index in [2.05, 4.69) is 20.5 Å². The Labute approximate surface area is 172 Å². The van der Waals surface area contributed by atoms with Crippen molar-refractivity contribution in [3.63, 3.8) is 0 Å². The third kappa shape index (κ3) is 3.62. The summed E-state index contributed by atoms with van der Waals surface area (Å²) in [5.41, 5.74) is 4.03. The first-order valence-electron chi connectivity index (χ1n) is 9.16. The number of methoxy groups -OCH3 is 1. The standard InChI is InChI=1S/C23H17N5O2/c1-30-20-12-11-16(17-9-5-6-10-18(17)20)14-25-28-23-26-21(15-7-3-2-4-8-15)19(13-24)22(29)27-23/h2-12,14H,1H3,(H2,26,27,28,29). The highest BCUT2D eigenvalue weighted by Gasteiger charge is 2.13. The van der Waals surface area contributed by atoms with Crippen molar-refractivity contribution in [1.82, 2.24) is 9.97 Å². The topological polar surface area (TPSA) is 103 Å². The first kappa shape index (κ1) is 18.9. The van der Waals surface area contributed by atoms with Crippen LogP contribution in [0.4, 0.5) is 5.95 Å². The third-order valence-electron chi connectivity index (χ3n) is 4.59. The van der Waals surface area contributed by atoms with Gasteiger partial charge in [-0.25, -0.2) is 10.4 Å². The number of benzene rings is 3. The number of fused-ring (bicyclic) bond motifs is 1. The van der Waals surface area contributed by atoms with Gasteiger partial charge in [0.05, 0.1) is 19.0 Å². The minimum absolute atomic E-state index is 0.0446. The number of aromatic amines is 1. The zero-order valence-corrected chi connectivity index (χ0v) is 16.1. The Bertz CT molecular complexity index is 1340. The van der Waals surface area contributed by atoms with Gasteiger partial charge in [0.1, 0.15) is 17.4 Å². The number of nitriles is 1. The molecule has 0 bridgehead atoms. The molecular weight excluding hydrogens is 378 g/mol. The van der Waals surface area contributed by atoms with Gasteiger partial charge in [-0.05, 0) is 17.5 Å². The normalized spacial score (nSPS) is 10.8. The van der Waals surface area contributed by atoms with Gasteiger partial charge >= 0.3 is 0 Å². The Hall–Kier alpha value is -4.44. The van der Waals surface area contributed by atoms with Gasteiger partial charge in [0, 0.05) is 16.5 Å². The number of anilines is 1. The van der Waals surface area contributed by atoms with E-state index >= 15 is 0 Å². The molecule has 1 aromatic heterocycles. The van der Waals surface area contributed by atoms with Crippen molar-refractivity contribution in [3.05, 3.63) is 88.2 Å². The van der Waals surface area contributed by atoms with Gasteiger partial charge in [0.25, 0.3) is 5.56 Å². The Morgan fingerprint density at radius 2 is 1.80 bits per heavy atom. The summed E-state index contributed by atoms with van der Waals surface area (Å²) in [6, 6.07) is 22.6. The fraction of sp³-hybridized carbons (Fsp3) is 0.0435. The fourth-order valence-corrected chi connectivity index (χ4v) is 3.18. The van der Waals surface area contributed by atoms with Crippen LogP contribution in [0.2, 0.25) is 0 Å². The van der Waals surface area contributed by atoms with E-state index in [1.165, 1.54) is 0 Å². The van der Waals surface area contributed by atoms with Gasteiger partial charge < -0.3 is 4.74 Å². The summed E-state index contributed by atoms with van der Waals surface area (Å²) in [5.74, 6) is 0.924. The Morgan fingerprint density at radius 3 is 2.53 bits per heavy atom. The maximum Gasteiger partial charge on any atom is 0.270 e. The molecule has 0 saturated heterocycles. The molecule has 3 aromatic carbocycles. The zero-order chi connectivity index (χ0) is 20.9. The summed E-state index contributed by atoms with van der Waals surface area (Å²) in [7, 11) is 1.63. The number of H-pyrrole nitrogens is 1. The highest BCUT2D eigenvalue weighted by molar-refractivity contribution is 6.02. The van der Waals surface area contributed by atoms with Crippen LogP contribution in [0.15, 0.2) is 76.6 Å². The van der Waals surface area contributed by atoms with Gasteiger partial charge in [-0.15, -0.1) is 0 Å². The van der Waals surface area contributed by atoms with Crippen molar-refractivity contribution in [2.45, 2.75) is 0 Å². The number of rotatable bonds is 5. The summed E-state index contributed by atoms with van der Waals surface area (Å²) in [5, 5.41) is 15.5. The smallest absolute Gasteiger partial charge is 0.270 e. The van der Waals surface area contributed by atoms with Crippen molar-refractivity contribution in [2.24, 2.45) is 5.10 Å². The minimum atomic E-state index is -0.529. The second-order valence-electron chi connectivity index (χ2n) is 6.39.